The summed E-state index contributed by atoms with van der Waals surface area (Å²) in [4.78, 5) is 15.4. The number of halogens is 3. The van der Waals surface area contributed by atoms with Crippen LogP contribution in [0.1, 0.15) is 48.2 Å². The van der Waals surface area contributed by atoms with Crippen LogP contribution < -0.4 is 5.32 Å². The average molecular weight is 446 g/mol. The van der Waals surface area contributed by atoms with Gasteiger partial charge in [-0.3, -0.25) is 0 Å². The first-order chi connectivity index (χ1) is 14.0. The predicted octanol–water partition coefficient (Wildman–Crippen LogP) is 3.38. The SMILES string of the molecule is CS(=O)(=O)c1ccc(-n2nc(C(F)(F)F)c(C(=O)O)c2NCC2CCCCC2)cn1. The fourth-order valence-corrected chi connectivity index (χ4v) is 4.08. The summed E-state index contributed by atoms with van der Waals surface area (Å²) < 4.78 is 64.4. The fourth-order valence-electron chi connectivity index (χ4n) is 3.52. The minimum atomic E-state index is -4.99. The first kappa shape index (κ1) is 22.1. The number of anilines is 1. The van der Waals surface area contributed by atoms with Crippen LogP contribution in [0.3, 0.4) is 0 Å². The summed E-state index contributed by atoms with van der Waals surface area (Å²) >= 11 is 0. The van der Waals surface area contributed by atoms with E-state index in [-0.39, 0.29) is 22.4 Å². The van der Waals surface area contributed by atoms with Gasteiger partial charge >= 0.3 is 12.1 Å². The molecule has 2 aromatic heterocycles. The Morgan fingerprint density at radius 3 is 2.43 bits per heavy atom. The molecule has 0 spiro atoms. The summed E-state index contributed by atoms with van der Waals surface area (Å²) in [5.74, 6) is -1.86. The molecule has 0 aromatic carbocycles. The lowest BCUT2D eigenvalue weighted by Gasteiger charge is -2.22. The number of nitrogens with one attached hydrogen (secondary N) is 1. The zero-order chi connectivity index (χ0) is 22.1. The van der Waals surface area contributed by atoms with Crippen LogP contribution in [0.25, 0.3) is 5.69 Å². The number of carboxylic acid groups (broad SMARTS) is 1. The monoisotopic (exact) mass is 446 g/mol. The molecule has 1 aliphatic rings. The zero-order valence-electron chi connectivity index (χ0n) is 16.1. The second-order valence-electron chi connectivity index (χ2n) is 7.30. The molecular formula is C18H21F3N4O4S. The molecule has 2 heterocycles. The maximum atomic E-state index is 13.5. The van der Waals surface area contributed by atoms with Crippen LogP contribution in [0.5, 0.6) is 0 Å². The summed E-state index contributed by atoms with van der Waals surface area (Å²) in [6.07, 6.45) is 1.95. The molecule has 2 aromatic rings. The molecule has 12 heteroatoms. The molecule has 0 atom stereocenters. The number of aromatic nitrogens is 3. The van der Waals surface area contributed by atoms with Crippen molar-refractivity contribution < 1.29 is 31.5 Å². The Morgan fingerprint density at radius 2 is 1.93 bits per heavy atom. The van der Waals surface area contributed by atoms with E-state index in [4.69, 9.17) is 0 Å². The van der Waals surface area contributed by atoms with Crippen molar-refractivity contribution in [3.8, 4) is 5.69 Å². The lowest BCUT2D eigenvalue weighted by molar-refractivity contribution is -0.141. The van der Waals surface area contributed by atoms with Crippen LogP contribution >= 0.6 is 0 Å². The lowest BCUT2D eigenvalue weighted by Crippen LogP contribution is -2.20. The number of aromatic carboxylic acids is 1. The topological polar surface area (TPSA) is 114 Å². The summed E-state index contributed by atoms with van der Waals surface area (Å²) in [5.41, 5.74) is -2.51. The molecule has 2 N–H and O–H groups in total. The second-order valence-corrected chi connectivity index (χ2v) is 9.26. The molecule has 30 heavy (non-hydrogen) atoms. The van der Waals surface area contributed by atoms with Gasteiger partial charge in [-0.1, -0.05) is 19.3 Å². The molecule has 0 aliphatic heterocycles. The highest BCUT2D eigenvalue weighted by molar-refractivity contribution is 7.90. The molecular weight excluding hydrogens is 425 g/mol. The summed E-state index contributed by atoms with van der Waals surface area (Å²) in [6.45, 7) is 0.304. The minimum Gasteiger partial charge on any atom is -0.477 e. The van der Waals surface area contributed by atoms with Crippen molar-refractivity contribution >= 4 is 21.6 Å². The van der Waals surface area contributed by atoms with Gasteiger partial charge in [-0.2, -0.15) is 18.3 Å². The Labute approximate surface area is 171 Å². The van der Waals surface area contributed by atoms with Gasteiger partial charge in [-0.25, -0.2) is 22.9 Å². The zero-order valence-corrected chi connectivity index (χ0v) is 16.9. The standard InChI is InChI=1S/C18H21F3N4O4S/c1-30(28,29)13-8-7-12(10-22-13)25-16(23-9-11-5-3-2-4-6-11)14(17(26)27)15(24-25)18(19,20)21/h7-8,10-11,23H,2-6,9H2,1H3,(H,26,27). The van der Waals surface area contributed by atoms with Crippen molar-refractivity contribution in [2.24, 2.45) is 5.92 Å². The van der Waals surface area contributed by atoms with E-state index in [0.717, 1.165) is 55.3 Å². The van der Waals surface area contributed by atoms with Gasteiger partial charge in [-0.05, 0) is 30.9 Å². The van der Waals surface area contributed by atoms with Crippen LogP contribution in [0.15, 0.2) is 23.4 Å². The van der Waals surface area contributed by atoms with Crippen molar-refractivity contribution in [3.63, 3.8) is 0 Å². The Kier molecular flexibility index (Phi) is 6.06. The first-order valence-electron chi connectivity index (χ1n) is 9.32. The highest BCUT2D eigenvalue weighted by atomic mass is 32.2. The Balaban J connectivity index is 2.06. The number of carboxylic acids is 1. The number of carbonyl (C=O) groups is 1. The van der Waals surface area contributed by atoms with Crippen LogP contribution in [0, 0.1) is 5.92 Å². The Morgan fingerprint density at radius 1 is 1.27 bits per heavy atom. The van der Waals surface area contributed by atoms with E-state index in [0.29, 0.717) is 6.54 Å². The Bertz CT molecular complexity index is 1030. The number of hydrogen-bond donors (Lipinski definition) is 2. The largest absolute Gasteiger partial charge is 0.477 e. The van der Waals surface area contributed by atoms with E-state index >= 15 is 0 Å². The molecule has 0 unspecified atom stereocenters. The number of nitrogens with zero attached hydrogens (tertiary/aromatic N) is 3. The third kappa shape index (κ3) is 4.74. The number of hydrogen-bond acceptors (Lipinski definition) is 6. The predicted molar refractivity (Wildman–Crippen MR) is 101 cm³/mol. The first-order valence-corrected chi connectivity index (χ1v) is 11.2. The highest BCUT2D eigenvalue weighted by Gasteiger charge is 2.42. The normalized spacial score (nSPS) is 15.9. The van der Waals surface area contributed by atoms with Gasteiger partial charge in [0.05, 0.1) is 11.9 Å². The van der Waals surface area contributed by atoms with Gasteiger partial charge < -0.3 is 10.4 Å². The second kappa shape index (κ2) is 8.25. The van der Waals surface area contributed by atoms with Crippen LogP contribution in [0.4, 0.5) is 19.0 Å². The maximum Gasteiger partial charge on any atom is 0.436 e. The molecule has 164 valence electrons. The lowest BCUT2D eigenvalue weighted by atomic mass is 9.89. The maximum absolute atomic E-state index is 13.5. The molecule has 1 aliphatic carbocycles. The Hall–Kier alpha value is -2.63. The van der Waals surface area contributed by atoms with Gasteiger partial charge in [0.2, 0.25) is 0 Å². The smallest absolute Gasteiger partial charge is 0.436 e. The number of rotatable bonds is 6. The van der Waals surface area contributed by atoms with E-state index in [1.807, 2.05) is 0 Å². The molecule has 3 rings (SSSR count). The van der Waals surface area contributed by atoms with Gasteiger partial charge in [-0.15, -0.1) is 0 Å². The summed E-state index contributed by atoms with van der Waals surface area (Å²) in [7, 11) is -3.61. The quantitative estimate of drug-likeness (QED) is 0.699. The molecule has 1 saturated carbocycles. The average Bonchev–Trinajstić information content (AvgIpc) is 3.07. The minimum absolute atomic E-state index is 0.00606. The van der Waals surface area contributed by atoms with Crippen molar-refractivity contribution in [1.82, 2.24) is 14.8 Å². The van der Waals surface area contributed by atoms with Crippen LogP contribution in [0.2, 0.25) is 0 Å². The van der Waals surface area contributed by atoms with Crippen molar-refractivity contribution in [2.45, 2.75) is 43.3 Å². The third-order valence-corrected chi connectivity index (χ3v) is 6.00. The van der Waals surface area contributed by atoms with Gasteiger partial charge in [0.1, 0.15) is 11.4 Å². The fraction of sp³-hybridized carbons (Fsp3) is 0.500. The molecule has 0 amide bonds. The van der Waals surface area contributed by atoms with E-state index in [9.17, 15) is 31.5 Å². The van der Waals surface area contributed by atoms with Crippen molar-refractivity contribution in [1.29, 1.82) is 0 Å². The number of pyridine rings is 1. The molecule has 0 saturated heterocycles. The molecule has 8 nitrogen and oxygen atoms in total. The highest BCUT2D eigenvalue weighted by Crippen LogP contribution is 2.36. The molecule has 0 radical (unpaired) electrons. The molecule has 0 bridgehead atoms. The van der Waals surface area contributed by atoms with Crippen LogP contribution in [-0.2, 0) is 16.0 Å². The summed E-state index contributed by atoms with van der Waals surface area (Å²) in [5, 5.41) is 15.5. The number of sulfone groups is 1. The van der Waals surface area contributed by atoms with E-state index in [1.165, 1.54) is 6.07 Å². The van der Waals surface area contributed by atoms with E-state index in [2.05, 4.69) is 15.4 Å². The summed E-state index contributed by atoms with van der Waals surface area (Å²) in [6, 6.07) is 2.36. The van der Waals surface area contributed by atoms with Gasteiger partial charge in [0.15, 0.2) is 20.6 Å². The third-order valence-electron chi connectivity index (χ3n) is 5.00. The van der Waals surface area contributed by atoms with E-state index < -0.39 is 33.2 Å². The molecule has 1 fully saturated rings. The van der Waals surface area contributed by atoms with E-state index in [1.54, 1.807) is 0 Å². The van der Waals surface area contributed by atoms with Crippen LogP contribution in [-0.4, -0.2) is 47.1 Å². The van der Waals surface area contributed by atoms with Gasteiger partial charge in [0.25, 0.3) is 0 Å². The number of alkyl halides is 3. The van der Waals surface area contributed by atoms with Gasteiger partial charge in [0, 0.05) is 12.8 Å². The van der Waals surface area contributed by atoms with Crippen molar-refractivity contribution in [3.05, 3.63) is 29.6 Å². The van der Waals surface area contributed by atoms with Crippen molar-refractivity contribution in [2.75, 3.05) is 18.1 Å².